The molecule has 0 aromatic heterocycles. The van der Waals surface area contributed by atoms with Crippen LogP contribution in [0, 0.1) is 6.92 Å². The third kappa shape index (κ3) is 7.21. The molecule has 1 aromatic rings. The molecule has 0 saturated heterocycles. The van der Waals surface area contributed by atoms with Crippen LogP contribution in [0.3, 0.4) is 0 Å². The van der Waals surface area contributed by atoms with E-state index in [-0.39, 0.29) is 6.03 Å². The average Bonchev–Trinajstić information content (AvgIpc) is 2.43. The van der Waals surface area contributed by atoms with Gasteiger partial charge in [0.1, 0.15) is 5.60 Å². The van der Waals surface area contributed by atoms with Crippen molar-refractivity contribution in [3.05, 3.63) is 23.8 Å². The maximum atomic E-state index is 11.9. The van der Waals surface area contributed by atoms with E-state index in [9.17, 15) is 9.59 Å². The number of amides is 3. The average molecular weight is 336 g/mol. The smallest absolute Gasteiger partial charge is 0.407 e. The van der Waals surface area contributed by atoms with Gasteiger partial charge in [-0.25, -0.2) is 9.59 Å². The number of urea groups is 1. The lowest BCUT2D eigenvalue weighted by molar-refractivity contribution is 0.0528. The number of aryl methyl sites for hydroxylation is 1. The Morgan fingerprint density at radius 1 is 1.12 bits per heavy atom. The van der Waals surface area contributed by atoms with Gasteiger partial charge in [0, 0.05) is 38.6 Å². The first-order valence-corrected chi connectivity index (χ1v) is 7.88. The van der Waals surface area contributed by atoms with Gasteiger partial charge in [0.15, 0.2) is 0 Å². The number of ether oxygens (including phenoxy) is 1. The minimum Gasteiger partial charge on any atom is -0.444 e. The van der Waals surface area contributed by atoms with Crippen molar-refractivity contribution < 1.29 is 14.3 Å². The molecule has 7 heteroatoms. The third-order valence-electron chi connectivity index (χ3n) is 3.05. The number of alkyl carbamates (subject to hydrolysis) is 1. The summed E-state index contributed by atoms with van der Waals surface area (Å²) in [5.74, 6) is 0. The molecule has 24 heavy (non-hydrogen) atoms. The molecule has 0 aliphatic rings. The fourth-order valence-electron chi connectivity index (χ4n) is 1.89. The minimum atomic E-state index is -0.537. The number of hydrogen-bond donors (Lipinski definition) is 3. The summed E-state index contributed by atoms with van der Waals surface area (Å²) in [6.07, 6.45) is -0.500. The van der Waals surface area contributed by atoms with Crippen molar-refractivity contribution in [2.75, 3.05) is 37.4 Å². The highest BCUT2D eigenvalue weighted by molar-refractivity contribution is 5.90. The van der Waals surface area contributed by atoms with Crippen molar-refractivity contribution in [2.24, 2.45) is 0 Å². The molecule has 0 spiro atoms. The normalized spacial score (nSPS) is 10.8. The van der Waals surface area contributed by atoms with Gasteiger partial charge in [0.25, 0.3) is 0 Å². The Kier molecular flexibility index (Phi) is 6.88. The van der Waals surface area contributed by atoms with Gasteiger partial charge in [0.2, 0.25) is 0 Å². The van der Waals surface area contributed by atoms with E-state index in [2.05, 4.69) is 16.0 Å². The van der Waals surface area contributed by atoms with Crippen molar-refractivity contribution >= 4 is 23.5 Å². The van der Waals surface area contributed by atoms with Crippen LogP contribution in [0.1, 0.15) is 26.3 Å². The summed E-state index contributed by atoms with van der Waals surface area (Å²) in [5.41, 5.74) is 2.26. The van der Waals surface area contributed by atoms with E-state index in [1.54, 1.807) is 20.8 Å². The molecule has 7 nitrogen and oxygen atoms in total. The second-order valence-corrected chi connectivity index (χ2v) is 6.70. The number of carbonyl (C=O) groups is 2. The summed E-state index contributed by atoms with van der Waals surface area (Å²) >= 11 is 0. The van der Waals surface area contributed by atoms with E-state index in [1.807, 2.05) is 44.1 Å². The number of hydrogen-bond acceptors (Lipinski definition) is 4. The summed E-state index contributed by atoms with van der Waals surface area (Å²) < 4.78 is 5.10. The SMILES string of the molecule is Cc1cc(N(C)C)ccc1NC(=O)NCCNC(=O)OC(C)(C)C. The van der Waals surface area contributed by atoms with Gasteiger partial charge < -0.3 is 25.6 Å². The van der Waals surface area contributed by atoms with Crippen LogP contribution >= 0.6 is 0 Å². The Balaban J connectivity index is 2.36. The molecule has 0 fully saturated rings. The van der Waals surface area contributed by atoms with Crippen LogP contribution in [0.15, 0.2) is 18.2 Å². The molecule has 3 N–H and O–H groups in total. The highest BCUT2D eigenvalue weighted by atomic mass is 16.6. The third-order valence-corrected chi connectivity index (χ3v) is 3.05. The molecule has 0 unspecified atom stereocenters. The number of rotatable bonds is 5. The zero-order valence-electron chi connectivity index (χ0n) is 15.3. The standard InChI is InChI=1S/C17H28N4O3/c1-12-11-13(21(5)6)7-8-14(12)20-15(22)18-9-10-19-16(23)24-17(2,3)4/h7-8,11H,9-10H2,1-6H3,(H,19,23)(H2,18,20,22). The molecule has 0 heterocycles. The van der Waals surface area contributed by atoms with E-state index in [4.69, 9.17) is 4.74 Å². The zero-order chi connectivity index (χ0) is 18.3. The van der Waals surface area contributed by atoms with E-state index in [1.165, 1.54) is 0 Å². The fourth-order valence-corrected chi connectivity index (χ4v) is 1.89. The summed E-state index contributed by atoms with van der Waals surface area (Å²) in [7, 11) is 3.93. The lowest BCUT2D eigenvalue weighted by Crippen LogP contribution is -2.39. The van der Waals surface area contributed by atoms with Crippen LogP contribution in [0.5, 0.6) is 0 Å². The summed E-state index contributed by atoms with van der Waals surface area (Å²) in [4.78, 5) is 25.3. The summed E-state index contributed by atoms with van der Waals surface area (Å²) in [5, 5.41) is 8.05. The molecule has 0 radical (unpaired) electrons. The molecule has 0 bridgehead atoms. The van der Waals surface area contributed by atoms with Crippen molar-refractivity contribution in [2.45, 2.75) is 33.3 Å². The predicted molar refractivity (Wildman–Crippen MR) is 96.8 cm³/mol. The van der Waals surface area contributed by atoms with Gasteiger partial charge in [-0.2, -0.15) is 0 Å². The number of benzene rings is 1. The van der Waals surface area contributed by atoms with Crippen molar-refractivity contribution in [1.29, 1.82) is 0 Å². The Bertz CT molecular complexity index is 580. The van der Waals surface area contributed by atoms with Crippen LogP contribution in [-0.4, -0.2) is 44.9 Å². The van der Waals surface area contributed by atoms with Gasteiger partial charge in [-0.15, -0.1) is 0 Å². The van der Waals surface area contributed by atoms with Crippen LogP contribution in [0.25, 0.3) is 0 Å². The first-order chi connectivity index (χ1) is 11.1. The second kappa shape index (κ2) is 8.42. The molecule has 1 rings (SSSR count). The first-order valence-electron chi connectivity index (χ1n) is 7.88. The van der Waals surface area contributed by atoms with E-state index < -0.39 is 11.7 Å². The Morgan fingerprint density at radius 2 is 1.75 bits per heavy atom. The number of nitrogens with one attached hydrogen (secondary N) is 3. The maximum absolute atomic E-state index is 11.9. The fraction of sp³-hybridized carbons (Fsp3) is 0.529. The van der Waals surface area contributed by atoms with Crippen LogP contribution < -0.4 is 20.9 Å². The van der Waals surface area contributed by atoms with E-state index in [0.717, 1.165) is 16.9 Å². The molecular formula is C17H28N4O3. The zero-order valence-corrected chi connectivity index (χ0v) is 15.3. The van der Waals surface area contributed by atoms with Crippen molar-refractivity contribution in [3.8, 4) is 0 Å². The second-order valence-electron chi connectivity index (χ2n) is 6.70. The molecule has 1 aromatic carbocycles. The lowest BCUT2D eigenvalue weighted by atomic mass is 10.1. The first kappa shape index (κ1) is 19.6. The monoisotopic (exact) mass is 336 g/mol. The molecule has 0 atom stereocenters. The van der Waals surface area contributed by atoms with Crippen molar-refractivity contribution in [3.63, 3.8) is 0 Å². The molecule has 134 valence electrons. The Hall–Kier alpha value is -2.44. The van der Waals surface area contributed by atoms with Gasteiger partial charge >= 0.3 is 12.1 Å². The lowest BCUT2D eigenvalue weighted by Gasteiger charge is -2.19. The Labute approximate surface area is 143 Å². The van der Waals surface area contributed by atoms with Gasteiger partial charge in [-0.05, 0) is 51.5 Å². The molecule has 0 aliphatic heterocycles. The highest BCUT2D eigenvalue weighted by Crippen LogP contribution is 2.21. The van der Waals surface area contributed by atoms with Gasteiger partial charge in [-0.3, -0.25) is 0 Å². The number of anilines is 2. The van der Waals surface area contributed by atoms with E-state index in [0.29, 0.717) is 13.1 Å². The predicted octanol–water partition coefficient (Wildman–Crippen LogP) is 2.71. The molecule has 3 amide bonds. The molecule has 0 saturated carbocycles. The van der Waals surface area contributed by atoms with E-state index >= 15 is 0 Å². The minimum absolute atomic E-state index is 0.293. The van der Waals surface area contributed by atoms with Crippen LogP contribution in [-0.2, 0) is 4.74 Å². The van der Waals surface area contributed by atoms with Crippen molar-refractivity contribution in [1.82, 2.24) is 10.6 Å². The molecular weight excluding hydrogens is 308 g/mol. The topological polar surface area (TPSA) is 82.7 Å². The summed E-state index contributed by atoms with van der Waals surface area (Å²) in [6.45, 7) is 7.92. The molecule has 0 aliphatic carbocycles. The van der Waals surface area contributed by atoms with Crippen LogP contribution in [0.2, 0.25) is 0 Å². The Morgan fingerprint density at radius 3 is 2.29 bits per heavy atom. The number of nitrogens with zero attached hydrogens (tertiary/aromatic N) is 1. The quantitative estimate of drug-likeness (QED) is 0.722. The maximum Gasteiger partial charge on any atom is 0.407 e. The highest BCUT2D eigenvalue weighted by Gasteiger charge is 2.15. The largest absolute Gasteiger partial charge is 0.444 e. The van der Waals surface area contributed by atoms with Gasteiger partial charge in [0.05, 0.1) is 0 Å². The van der Waals surface area contributed by atoms with Crippen LogP contribution in [0.4, 0.5) is 21.0 Å². The van der Waals surface area contributed by atoms with Gasteiger partial charge in [-0.1, -0.05) is 0 Å². The summed E-state index contributed by atoms with van der Waals surface area (Å²) in [6, 6.07) is 5.48. The number of carbonyl (C=O) groups excluding carboxylic acids is 2.